The first-order valence-electron chi connectivity index (χ1n) is 7.72. The largest absolute Gasteiger partial charge is 0.491 e. The highest BCUT2D eigenvalue weighted by atomic mass is 16.7. The van der Waals surface area contributed by atoms with E-state index in [0.717, 1.165) is 0 Å². The normalized spacial score (nSPS) is 29.9. The van der Waals surface area contributed by atoms with Crippen LogP contribution in [0.2, 0.25) is 0 Å². The number of hydrogen-bond donors (Lipinski definition) is 4. The van der Waals surface area contributed by atoms with Crippen molar-refractivity contribution in [2.75, 3.05) is 19.8 Å². The standard InChI is InChI=1S/C16H23NO7/c1-10(19)17-13-15(21)14(20)12(9-18)24-16(13)23-8-7-22-11-5-3-2-4-6-11/h2-6,12-16,18,20-21H,7-9H2,1H3,(H,17,19)/t12-,13-,14-,15-,16-/m1/s1. The van der Waals surface area contributed by atoms with Crippen LogP contribution in [-0.2, 0) is 14.3 Å². The summed E-state index contributed by atoms with van der Waals surface area (Å²) in [5, 5.41) is 31.7. The Morgan fingerprint density at radius 3 is 2.54 bits per heavy atom. The van der Waals surface area contributed by atoms with Crippen molar-refractivity contribution in [3.63, 3.8) is 0 Å². The van der Waals surface area contributed by atoms with Gasteiger partial charge in [-0.2, -0.15) is 0 Å². The molecule has 1 amide bonds. The second-order valence-corrected chi connectivity index (χ2v) is 5.47. The summed E-state index contributed by atoms with van der Waals surface area (Å²) in [6, 6.07) is 8.22. The maximum Gasteiger partial charge on any atom is 0.217 e. The molecule has 0 aromatic heterocycles. The molecule has 0 unspecified atom stereocenters. The third kappa shape index (κ3) is 4.89. The fourth-order valence-electron chi connectivity index (χ4n) is 2.45. The Bertz CT molecular complexity index is 512. The van der Waals surface area contributed by atoms with Gasteiger partial charge in [-0.05, 0) is 12.1 Å². The maximum absolute atomic E-state index is 11.3. The van der Waals surface area contributed by atoms with Gasteiger partial charge in [0.05, 0.1) is 13.2 Å². The lowest BCUT2D eigenvalue weighted by molar-refractivity contribution is -0.271. The molecule has 1 aliphatic heterocycles. The molecule has 24 heavy (non-hydrogen) atoms. The zero-order chi connectivity index (χ0) is 17.5. The minimum Gasteiger partial charge on any atom is -0.491 e. The molecular weight excluding hydrogens is 318 g/mol. The Morgan fingerprint density at radius 1 is 1.21 bits per heavy atom. The quantitative estimate of drug-likeness (QED) is 0.471. The molecule has 8 heteroatoms. The fourth-order valence-corrected chi connectivity index (χ4v) is 2.45. The second kappa shape index (κ2) is 8.95. The summed E-state index contributed by atoms with van der Waals surface area (Å²) in [5.74, 6) is 0.291. The van der Waals surface area contributed by atoms with Gasteiger partial charge < -0.3 is 34.8 Å². The van der Waals surface area contributed by atoms with Gasteiger partial charge in [0.15, 0.2) is 6.29 Å². The topological polar surface area (TPSA) is 117 Å². The number of aliphatic hydroxyl groups is 3. The van der Waals surface area contributed by atoms with Crippen LogP contribution in [0.3, 0.4) is 0 Å². The van der Waals surface area contributed by atoms with E-state index in [1.807, 2.05) is 18.2 Å². The van der Waals surface area contributed by atoms with Gasteiger partial charge in [0, 0.05) is 6.92 Å². The van der Waals surface area contributed by atoms with Crippen LogP contribution < -0.4 is 10.1 Å². The summed E-state index contributed by atoms with van der Waals surface area (Å²) in [6.45, 7) is 1.17. The average molecular weight is 341 g/mol. The summed E-state index contributed by atoms with van der Waals surface area (Å²) in [5.41, 5.74) is 0. The van der Waals surface area contributed by atoms with Gasteiger partial charge in [-0.25, -0.2) is 0 Å². The minimum atomic E-state index is -1.33. The summed E-state index contributed by atoms with van der Waals surface area (Å²) in [4.78, 5) is 11.3. The van der Waals surface area contributed by atoms with Gasteiger partial charge in [-0.15, -0.1) is 0 Å². The number of ether oxygens (including phenoxy) is 3. The van der Waals surface area contributed by atoms with E-state index in [1.54, 1.807) is 12.1 Å². The molecule has 1 saturated heterocycles. The van der Waals surface area contributed by atoms with E-state index in [4.69, 9.17) is 14.2 Å². The lowest BCUT2D eigenvalue weighted by Gasteiger charge is -2.42. The summed E-state index contributed by atoms with van der Waals surface area (Å²) < 4.78 is 16.4. The van der Waals surface area contributed by atoms with E-state index in [0.29, 0.717) is 5.75 Å². The molecule has 1 aromatic carbocycles. The molecule has 134 valence electrons. The molecule has 8 nitrogen and oxygen atoms in total. The van der Waals surface area contributed by atoms with Crippen LogP contribution in [0.1, 0.15) is 6.92 Å². The van der Waals surface area contributed by atoms with Crippen LogP contribution in [0.15, 0.2) is 30.3 Å². The second-order valence-electron chi connectivity index (χ2n) is 5.47. The average Bonchev–Trinajstić information content (AvgIpc) is 2.58. The Morgan fingerprint density at radius 2 is 1.92 bits per heavy atom. The monoisotopic (exact) mass is 341 g/mol. The molecule has 0 aliphatic carbocycles. The molecule has 1 fully saturated rings. The predicted molar refractivity (Wildman–Crippen MR) is 83.3 cm³/mol. The molecule has 0 bridgehead atoms. The van der Waals surface area contributed by atoms with Crippen LogP contribution >= 0.6 is 0 Å². The van der Waals surface area contributed by atoms with E-state index in [2.05, 4.69) is 5.32 Å². The van der Waals surface area contributed by atoms with Crippen molar-refractivity contribution in [2.45, 2.75) is 37.6 Å². The van der Waals surface area contributed by atoms with E-state index in [-0.39, 0.29) is 13.2 Å². The van der Waals surface area contributed by atoms with Gasteiger partial charge in [0.25, 0.3) is 0 Å². The highest BCUT2D eigenvalue weighted by molar-refractivity contribution is 5.73. The molecule has 1 aliphatic rings. The van der Waals surface area contributed by atoms with Crippen molar-refractivity contribution in [3.05, 3.63) is 30.3 Å². The predicted octanol–water partition coefficient (Wildman–Crippen LogP) is -0.974. The van der Waals surface area contributed by atoms with Crippen molar-refractivity contribution in [2.24, 2.45) is 0 Å². The van der Waals surface area contributed by atoms with E-state index in [9.17, 15) is 20.1 Å². The van der Waals surface area contributed by atoms with Crippen LogP contribution in [0.4, 0.5) is 0 Å². The molecule has 1 aromatic rings. The van der Waals surface area contributed by atoms with E-state index in [1.165, 1.54) is 6.92 Å². The van der Waals surface area contributed by atoms with Gasteiger partial charge in [-0.1, -0.05) is 18.2 Å². The number of rotatable bonds is 7. The number of aliphatic hydroxyl groups excluding tert-OH is 3. The number of benzene rings is 1. The molecular formula is C16H23NO7. The zero-order valence-electron chi connectivity index (χ0n) is 13.4. The lowest BCUT2D eigenvalue weighted by atomic mass is 9.97. The number of nitrogens with one attached hydrogen (secondary N) is 1. The first kappa shape index (κ1) is 18.6. The fraction of sp³-hybridized carbons (Fsp3) is 0.562. The third-order valence-electron chi connectivity index (χ3n) is 3.63. The molecule has 5 atom stereocenters. The zero-order valence-corrected chi connectivity index (χ0v) is 13.4. The van der Waals surface area contributed by atoms with Gasteiger partial charge in [0.2, 0.25) is 5.91 Å². The molecule has 0 spiro atoms. The number of hydrogen-bond acceptors (Lipinski definition) is 7. The maximum atomic E-state index is 11.3. The van der Waals surface area contributed by atoms with E-state index >= 15 is 0 Å². The van der Waals surface area contributed by atoms with Crippen LogP contribution in [0.5, 0.6) is 5.75 Å². The molecule has 0 saturated carbocycles. The first-order valence-corrected chi connectivity index (χ1v) is 7.72. The van der Waals surface area contributed by atoms with Crippen molar-refractivity contribution in [1.82, 2.24) is 5.32 Å². The molecule has 4 N–H and O–H groups in total. The highest BCUT2D eigenvalue weighted by Crippen LogP contribution is 2.22. The van der Waals surface area contributed by atoms with Crippen LogP contribution in [0, 0.1) is 0 Å². The summed E-state index contributed by atoms with van der Waals surface area (Å²) >= 11 is 0. The minimum absolute atomic E-state index is 0.136. The Kier molecular flexibility index (Phi) is 6.95. The number of carbonyl (C=O) groups excluding carboxylic acids is 1. The highest BCUT2D eigenvalue weighted by Gasteiger charge is 2.45. The smallest absolute Gasteiger partial charge is 0.217 e. The molecule has 0 radical (unpaired) electrons. The van der Waals surface area contributed by atoms with E-state index < -0.39 is 43.2 Å². The summed E-state index contributed by atoms with van der Waals surface area (Å²) in [6.07, 6.45) is -4.65. The van der Waals surface area contributed by atoms with Crippen molar-refractivity contribution >= 4 is 5.91 Å². The van der Waals surface area contributed by atoms with Gasteiger partial charge in [0.1, 0.15) is 36.7 Å². The Balaban J connectivity index is 1.90. The Hall–Kier alpha value is -1.71. The lowest BCUT2D eigenvalue weighted by Crippen LogP contribution is -2.64. The van der Waals surface area contributed by atoms with Crippen molar-refractivity contribution < 1.29 is 34.3 Å². The molecule has 1 heterocycles. The summed E-state index contributed by atoms with van der Waals surface area (Å²) in [7, 11) is 0. The van der Waals surface area contributed by atoms with Crippen molar-refractivity contribution in [3.8, 4) is 5.75 Å². The number of amides is 1. The van der Waals surface area contributed by atoms with Crippen LogP contribution in [-0.4, -0.2) is 71.7 Å². The third-order valence-corrected chi connectivity index (χ3v) is 3.63. The Labute approximate surface area is 140 Å². The molecule has 2 rings (SSSR count). The SMILES string of the molecule is CC(=O)N[C@H]1[C@H](OCCOc2ccccc2)O[C@H](CO)[C@@H](O)[C@@H]1O. The number of carbonyl (C=O) groups is 1. The van der Waals surface area contributed by atoms with Crippen molar-refractivity contribution in [1.29, 1.82) is 0 Å². The number of para-hydroxylation sites is 1. The van der Waals surface area contributed by atoms with Gasteiger partial charge >= 0.3 is 0 Å². The van der Waals surface area contributed by atoms with Gasteiger partial charge in [-0.3, -0.25) is 4.79 Å². The first-order chi connectivity index (χ1) is 11.5. The van der Waals surface area contributed by atoms with Crippen LogP contribution in [0.25, 0.3) is 0 Å².